The average Bonchev–Trinajstić information content (AvgIpc) is 2.53. The molecule has 3 N–H and O–H groups in total. The van der Waals surface area contributed by atoms with E-state index in [2.05, 4.69) is 30.9 Å². The van der Waals surface area contributed by atoms with Gasteiger partial charge in [0.25, 0.3) is 0 Å². The van der Waals surface area contributed by atoms with Crippen molar-refractivity contribution in [1.29, 1.82) is 0 Å². The highest BCUT2D eigenvalue weighted by Crippen LogP contribution is 2.16. The summed E-state index contributed by atoms with van der Waals surface area (Å²) in [5, 5.41) is 11.7. The summed E-state index contributed by atoms with van der Waals surface area (Å²) in [5.74, 6) is 0.622. The van der Waals surface area contributed by atoms with Crippen molar-refractivity contribution in [3.05, 3.63) is 35.9 Å². The van der Waals surface area contributed by atoms with Crippen LogP contribution in [0.25, 0.3) is 0 Å². The first-order valence-electron chi connectivity index (χ1n) is 7.39. The van der Waals surface area contributed by atoms with Gasteiger partial charge in [0.1, 0.15) is 18.7 Å². The maximum absolute atomic E-state index is 12.3. The van der Waals surface area contributed by atoms with Crippen molar-refractivity contribution in [2.45, 2.75) is 39.0 Å². The van der Waals surface area contributed by atoms with Crippen molar-refractivity contribution in [3.8, 4) is 0 Å². The largest absolute Gasteiger partial charge is 0.386 e. The van der Waals surface area contributed by atoms with Crippen LogP contribution in [0.2, 0.25) is 0 Å². The number of nitrogens with two attached hydrogens (primary N) is 1. The molecule has 4 heteroatoms. The van der Waals surface area contributed by atoms with Gasteiger partial charge in [-0.3, -0.25) is 10.2 Å². The highest BCUT2D eigenvalue weighted by molar-refractivity contribution is 5.72. The minimum atomic E-state index is -0.445. The summed E-state index contributed by atoms with van der Waals surface area (Å²) in [6.07, 6.45) is 0.398. The molecule has 0 bridgehead atoms. The van der Waals surface area contributed by atoms with Crippen molar-refractivity contribution in [2.24, 2.45) is 5.92 Å². The summed E-state index contributed by atoms with van der Waals surface area (Å²) in [5.41, 5.74) is 1.18. The van der Waals surface area contributed by atoms with Crippen LogP contribution in [0.1, 0.15) is 25.8 Å². The van der Waals surface area contributed by atoms with Crippen molar-refractivity contribution < 1.29 is 15.2 Å². The molecule has 20 heavy (non-hydrogen) atoms. The van der Waals surface area contributed by atoms with Gasteiger partial charge in [-0.05, 0) is 17.9 Å². The second kappa shape index (κ2) is 6.97. The van der Waals surface area contributed by atoms with Gasteiger partial charge in [0, 0.05) is 13.1 Å². The molecule has 1 aromatic rings. The van der Waals surface area contributed by atoms with Crippen LogP contribution in [0.4, 0.5) is 0 Å². The lowest BCUT2D eigenvalue weighted by Gasteiger charge is -2.28. The standard InChI is InChI=1S/C16H24N2O2/c1-12(2)8-15-16(20)17-9-14(19)11-18(15)10-13-6-4-3-5-7-13/h3-7,12,14-15,19H,8-11H2,1-2H3,(H,17,20)/p+1/t14-,15+/m0/s1. The second-order valence-corrected chi connectivity index (χ2v) is 6.06. The number of carbonyl (C=O) groups is 1. The molecule has 4 nitrogen and oxygen atoms in total. The zero-order chi connectivity index (χ0) is 14.5. The molecule has 1 aliphatic rings. The topological polar surface area (TPSA) is 57.1 Å². The number of hydrogen-bond donors (Lipinski definition) is 2. The first-order valence-corrected chi connectivity index (χ1v) is 7.39. The Bertz CT molecular complexity index is 433. The van der Waals surface area contributed by atoms with E-state index in [-0.39, 0.29) is 11.9 Å². The van der Waals surface area contributed by atoms with Crippen LogP contribution in [0.15, 0.2) is 30.3 Å². The summed E-state index contributed by atoms with van der Waals surface area (Å²) in [6, 6.07) is 10.0. The van der Waals surface area contributed by atoms with Crippen LogP contribution in [0, 0.1) is 5.92 Å². The van der Waals surface area contributed by atoms with Gasteiger partial charge in [-0.15, -0.1) is 0 Å². The van der Waals surface area contributed by atoms with Crippen LogP contribution < -0.4 is 5.32 Å². The second-order valence-electron chi connectivity index (χ2n) is 6.06. The number of quaternary nitrogens is 1. The first kappa shape index (κ1) is 15.2. The number of nitrogens with zero attached hydrogens (tertiary/aromatic N) is 1. The van der Waals surface area contributed by atoms with Crippen LogP contribution in [0.5, 0.6) is 0 Å². The maximum Gasteiger partial charge on any atom is 0.327 e. The Morgan fingerprint density at radius 1 is 1.35 bits per heavy atom. The third kappa shape index (κ3) is 4.13. The first-order chi connectivity index (χ1) is 9.56. The summed E-state index contributed by atoms with van der Waals surface area (Å²) >= 11 is 0. The van der Waals surface area contributed by atoms with Gasteiger partial charge in [0.15, 0.2) is 0 Å². The van der Waals surface area contributed by atoms with E-state index in [0.717, 1.165) is 13.0 Å². The maximum atomic E-state index is 12.3. The summed E-state index contributed by atoms with van der Waals surface area (Å²) in [4.78, 5) is 14.4. The summed E-state index contributed by atoms with van der Waals surface area (Å²) in [6.45, 7) is 6.02. The van der Waals surface area contributed by atoms with Crippen LogP contribution in [0.3, 0.4) is 0 Å². The van der Waals surface area contributed by atoms with Crippen LogP contribution in [-0.4, -0.2) is 41.1 Å². The zero-order valence-corrected chi connectivity index (χ0v) is 12.3. The van der Waals surface area contributed by atoms with E-state index in [1.54, 1.807) is 5.32 Å². The Kier molecular flexibility index (Phi) is 5.29. The fourth-order valence-corrected chi connectivity index (χ4v) is 2.75. The molecule has 1 saturated heterocycles. The molecule has 110 valence electrons. The minimum Gasteiger partial charge on any atom is -0.386 e. The Morgan fingerprint density at radius 3 is 2.70 bits per heavy atom. The molecule has 0 radical (unpaired) electrons. The van der Waals surface area contributed by atoms with Gasteiger partial charge < -0.3 is 5.11 Å². The Labute approximate surface area is 120 Å². The summed E-state index contributed by atoms with van der Waals surface area (Å²) < 4.78 is 0. The van der Waals surface area contributed by atoms with Crippen molar-refractivity contribution in [1.82, 2.24) is 4.90 Å². The molecule has 1 amide bonds. The Balaban J connectivity index is 2.16. The van der Waals surface area contributed by atoms with Crippen molar-refractivity contribution in [2.75, 3.05) is 13.1 Å². The van der Waals surface area contributed by atoms with Gasteiger partial charge in [-0.25, -0.2) is 4.79 Å². The van der Waals surface area contributed by atoms with E-state index in [1.807, 2.05) is 18.2 Å². The van der Waals surface area contributed by atoms with E-state index in [0.29, 0.717) is 19.0 Å². The number of rotatable bonds is 4. The number of benzene rings is 1. The third-order valence-electron chi connectivity index (χ3n) is 3.73. The number of aliphatic hydroxyl groups excluding tert-OH is 1. The molecular weight excluding hydrogens is 252 g/mol. The van der Waals surface area contributed by atoms with Crippen molar-refractivity contribution >= 4 is 5.91 Å². The zero-order valence-electron chi connectivity index (χ0n) is 12.3. The molecule has 0 aliphatic carbocycles. The molecule has 0 spiro atoms. The van der Waals surface area contributed by atoms with Gasteiger partial charge in [-0.1, -0.05) is 44.2 Å². The van der Waals surface area contributed by atoms with Gasteiger partial charge in [0.05, 0.1) is 0 Å². The van der Waals surface area contributed by atoms with Crippen LogP contribution >= 0.6 is 0 Å². The van der Waals surface area contributed by atoms with Crippen molar-refractivity contribution in [3.63, 3.8) is 0 Å². The molecule has 0 saturated carbocycles. The minimum absolute atomic E-state index is 0.104. The Hall–Kier alpha value is -1.23. The lowest BCUT2D eigenvalue weighted by molar-refractivity contribution is -0.575. The van der Waals surface area contributed by atoms with Gasteiger partial charge >= 0.3 is 5.91 Å². The fourth-order valence-electron chi connectivity index (χ4n) is 2.75. The monoisotopic (exact) mass is 277 g/mol. The summed E-state index contributed by atoms with van der Waals surface area (Å²) in [7, 11) is 0. The molecule has 2 atom stereocenters. The highest BCUT2D eigenvalue weighted by Gasteiger charge is 2.34. The number of carbonyl (C=O) groups excluding carboxylic acids is 1. The molecule has 0 unspecified atom stereocenters. The molecule has 0 aromatic heterocycles. The number of β-amino-alcohol motifs (C(OH)–C–C–N with tert-alkyl or cyclic N) is 1. The number of hydrogen-bond acceptors (Lipinski definition) is 3. The van der Waals surface area contributed by atoms with E-state index in [9.17, 15) is 9.90 Å². The third-order valence-corrected chi connectivity index (χ3v) is 3.73. The predicted molar refractivity (Wildman–Crippen MR) is 77.9 cm³/mol. The smallest absolute Gasteiger partial charge is 0.327 e. The molecule has 1 aliphatic heterocycles. The lowest BCUT2D eigenvalue weighted by Crippen LogP contribution is -2.91. The molecule has 1 heterocycles. The SMILES string of the molecule is CC(C)C[C@@H]1C(=O)[NH2+]C[C@H](O)CN1Cc1ccccc1. The highest BCUT2D eigenvalue weighted by atomic mass is 16.3. The molecule has 1 fully saturated rings. The van der Waals surface area contributed by atoms with Crippen LogP contribution in [-0.2, 0) is 11.3 Å². The predicted octanol–water partition coefficient (Wildman–Crippen LogP) is 0.368. The molecule has 2 rings (SSSR count). The lowest BCUT2D eigenvalue weighted by atomic mass is 10.0. The number of primary amides is 1. The van der Waals surface area contributed by atoms with Gasteiger partial charge in [-0.2, -0.15) is 0 Å². The molecular formula is C16H25N2O2+. The Morgan fingerprint density at radius 2 is 2.05 bits per heavy atom. The number of aliphatic hydroxyl groups is 1. The average molecular weight is 277 g/mol. The van der Waals surface area contributed by atoms with E-state index in [4.69, 9.17) is 0 Å². The van der Waals surface area contributed by atoms with E-state index < -0.39 is 6.10 Å². The molecule has 1 aromatic carbocycles. The van der Waals surface area contributed by atoms with E-state index >= 15 is 0 Å². The fraction of sp³-hybridized carbons (Fsp3) is 0.562. The quantitative estimate of drug-likeness (QED) is 0.836. The number of amides is 1. The van der Waals surface area contributed by atoms with Gasteiger partial charge in [0.2, 0.25) is 0 Å². The van der Waals surface area contributed by atoms with E-state index in [1.165, 1.54) is 5.56 Å². The normalized spacial score (nSPS) is 24.9.